The summed E-state index contributed by atoms with van der Waals surface area (Å²) >= 11 is 0. The van der Waals surface area contributed by atoms with Crippen molar-refractivity contribution in [3.05, 3.63) is 40.4 Å². The van der Waals surface area contributed by atoms with Crippen molar-refractivity contribution in [3.8, 4) is 0 Å². The number of likely N-dealkylation sites (N-methyl/N-ethyl adjacent to an activating group) is 1. The van der Waals surface area contributed by atoms with Crippen molar-refractivity contribution < 1.29 is 9.53 Å². The maximum absolute atomic E-state index is 12.5. The molecule has 0 bridgehead atoms. The average molecular weight is 316 g/mol. The number of hydrogen-bond donors (Lipinski definition) is 2. The first-order valence-corrected chi connectivity index (χ1v) is 7.78. The predicted octanol–water partition coefficient (Wildman–Crippen LogP) is 0.260. The first kappa shape index (κ1) is 15.6. The molecule has 0 unspecified atom stereocenters. The largest absolute Gasteiger partial charge is 0.366 e. The number of H-pyrrole nitrogens is 1. The minimum absolute atomic E-state index is 0.0875. The topological polar surface area (TPSA) is 87.3 Å². The van der Waals surface area contributed by atoms with E-state index >= 15 is 0 Å². The second-order valence-corrected chi connectivity index (χ2v) is 5.45. The smallest absolute Gasteiger partial charge is 0.258 e. The molecule has 23 heavy (non-hydrogen) atoms. The van der Waals surface area contributed by atoms with E-state index in [9.17, 15) is 9.59 Å². The lowest BCUT2D eigenvalue weighted by Gasteiger charge is -2.28. The molecule has 0 radical (unpaired) electrons. The molecule has 1 atom stereocenters. The number of benzene rings is 1. The Labute approximate surface area is 133 Å². The summed E-state index contributed by atoms with van der Waals surface area (Å²) in [6.45, 7) is 4.48. The van der Waals surface area contributed by atoms with Gasteiger partial charge in [0.05, 0.1) is 24.1 Å². The van der Waals surface area contributed by atoms with E-state index in [1.807, 2.05) is 13.0 Å². The van der Waals surface area contributed by atoms with Crippen molar-refractivity contribution in [2.24, 2.45) is 0 Å². The molecule has 2 N–H and O–H groups in total. The van der Waals surface area contributed by atoms with Gasteiger partial charge in [-0.1, -0.05) is 12.1 Å². The lowest BCUT2D eigenvalue weighted by molar-refractivity contribution is -0.145. The van der Waals surface area contributed by atoms with Crippen molar-refractivity contribution in [1.29, 1.82) is 0 Å². The van der Waals surface area contributed by atoms with Crippen LogP contribution in [0.25, 0.3) is 10.9 Å². The fourth-order valence-corrected chi connectivity index (χ4v) is 2.66. The Morgan fingerprint density at radius 3 is 3.00 bits per heavy atom. The molecule has 1 aliphatic heterocycles. The molecule has 7 nitrogen and oxygen atoms in total. The van der Waals surface area contributed by atoms with Gasteiger partial charge in [0.25, 0.3) is 11.5 Å². The van der Waals surface area contributed by atoms with Crippen LogP contribution in [-0.2, 0) is 16.1 Å². The van der Waals surface area contributed by atoms with E-state index in [0.717, 1.165) is 6.54 Å². The number of aromatic amines is 1. The molecule has 1 saturated heterocycles. The maximum Gasteiger partial charge on any atom is 0.258 e. The Balaban J connectivity index is 1.81. The number of nitrogens with zero attached hydrogens (tertiary/aromatic N) is 2. The van der Waals surface area contributed by atoms with Gasteiger partial charge in [0.2, 0.25) is 0 Å². The van der Waals surface area contributed by atoms with Gasteiger partial charge >= 0.3 is 0 Å². The predicted molar refractivity (Wildman–Crippen MR) is 86.1 cm³/mol. The number of para-hydroxylation sites is 1. The van der Waals surface area contributed by atoms with Crippen LogP contribution in [0.15, 0.2) is 29.1 Å². The summed E-state index contributed by atoms with van der Waals surface area (Å²) in [5.41, 5.74) is 0.440. The zero-order valence-corrected chi connectivity index (χ0v) is 13.0. The van der Waals surface area contributed by atoms with E-state index in [1.54, 1.807) is 23.1 Å². The minimum atomic E-state index is -0.476. The lowest BCUT2D eigenvalue weighted by Crippen LogP contribution is -2.49. The number of aromatic nitrogens is 2. The van der Waals surface area contributed by atoms with Crippen molar-refractivity contribution in [3.63, 3.8) is 0 Å². The molecule has 0 aliphatic carbocycles. The molecular weight excluding hydrogens is 296 g/mol. The van der Waals surface area contributed by atoms with Crippen molar-refractivity contribution >= 4 is 16.8 Å². The fourth-order valence-electron chi connectivity index (χ4n) is 2.66. The van der Waals surface area contributed by atoms with Crippen LogP contribution < -0.4 is 10.9 Å². The van der Waals surface area contributed by atoms with Crippen molar-refractivity contribution in [2.75, 3.05) is 26.2 Å². The third kappa shape index (κ3) is 3.40. The molecule has 0 spiro atoms. The van der Waals surface area contributed by atoms with Crippen LogP contribution in [0.2, 0.25) is 0 Å². The second-order valence-electron chi connectivity index (χ2n) is 5.45. The number of morpholine rings is 1. The van der Waals surface area contributed by atoms with Crippen molar-refractivity contribution in [1.82, 2.24) is 20.2 Å². The standard InChI is InChI=1S/C16H20N4O3/c1-2-20(16(22)13-9-17-7-8-23-13)10-14-18-12-6-4-3-5-11(12)15(21)19-14/h3-6,13,17H,2,7-10H2,1H3,(H,18,19,21)/t13-/m1/s1. The monoisotopic (exact) mass is 316 g/mol. The number of carbonyl (C=O) groups excluding carboxylic acids is 1. The molecule has 3 rings (SSSR count). The Kier molecular flexibility index (Phi) is 4.68. The highest BCUT2D eigenvalue weighted by Gasteiger charge is 2.26. The first-order valence-electron chi connectivity index (χ1n) is 7.78. The van der Waals surface area contributed by atoms with Gasteiger partial charge in [-0.15, -0.1) is 0 Å². The lowest BCUT2D eigenvalue weighted by atomic mass is 10.2. The molecule has 1 aromatic heterocycles. The molecule has 1 fully saturated rings. The van der Waals surface area contributed by atoms with Crippen LogP contribution in [0, 0.1) is 0 Å². The third-order valence-corrected chi connectivity index (χ3v) is 3.90. The van der Waals surface area contributed by atoms with Gasteiger partial charge < -0.3 is 19.9 Å². The normalized spacial score (nSPS) is 18.0. The summed E-state index contributed by atoms with van der Waals surface area (Å²) in [6, 6.07) is 7.16. The zero-order valence-electron chi connectivity index (χ0n) is 13.0. The molecule has 2 aromatic rings. The number of carbonyl (C=O) groups is 1. The quantitative estimate of drug-likeness (QED) is 0.845. The van der Waals surface area contributed by atoms with Gasteiger partial charge in [-0.25, -0.2) is 4.98 Å². The summed E-state index contributed by atoms with van der Waals surface area (Å²) in [7, 11) is 0. The molecule has 122 valence electrons. The Morgan fingerprint density at radius 2 is 2.26 bits per heavy atom. The number of hydrogen-bond acceptors (Lipinski definition) is 5. The molecule has 0 saturated carbocycles. The number of amides is 1. The van der Waals surface area contributed by atoms with E-state index in [0.29, 0.717) is 36.4 Å². The molecular formula is C16H20N4O3. The van der Waals surface area contributed by atoms with Crippen LogP contribution >= 0.6 is 0 Å². The summed E-state index contributed by atoms with van der Waals surface area (Å²) < 4.78 is 5.51. The highest BCUT2D eigenvalue weighted by atomic mass is 16.5. The highest BCUT2D eigenvalue weighted by molar-refractivity contribution is 5.81. The van der Waals surface area contributed by atoms with Crippen molar-refractivity contribution in [2.45, 2.75) is 19.6 Å². The molecule has 1 amide bonds. The summed E-state index contributed by atoms with van der Waals surface area (Å²) in [6.07, 6.45) is -0.476. The van der Waals surface area contributed by atoms with Crippen LogP contribution in [0.1, 0.15) is 12.7 Å². The van der Waals surface area contributed by atoms with Gasteiger partial charge in [0, 0.05) is 19.6 Å². The fraction of sp³-hybridized carbons (Fsp3) is 0.438. The minimum Gasteiger partial charge on any atom is -0.366 e. The molecule has 7 heteroatoms. The van der Waals surface area contributed by atoms with Gasteiger partial charge in [-0.05, 0) is 19.1 Å². The van der Waals surface area contributed by atoms with Gasteiger partial charge in [0.1, 0.15) is 11.9 Å². The second kappa shape index (κ2) is 6.89. The van der Waals surface area contributed by atoms with E-state index in [4.69, 9.17) is 4.74 Å². The molecule has 2 heterocycles. The zero-order chi connectivity index (χ0) is 16.2. The van der Waals surface area contributed by atoms with Crippen LogP contribution in [0.4, 0.5) is 0 Å². The van der Waals surface area contributed by atoms with E-state index < -0.39 is 6.10 Å². The first-order chi connectivity index (χ1) is 11.2. The van der Waals surface area contributed by atoms with E-state index in [2.05, 4.69) is 15.3 Å². The van der Waals surface area contributed by atoms with Gasteiger partial charge in [-0.2, -0.15) is 0 Å². The Hall–Kier alpha value is -2.25. The van der Waals surface area contributed by atoms with Gasteiger partial charge in [-0.3, -0.25) is 9.59 Å². The summed E-state index contributed by atoms with van der Waals surface area (Å²) in [4.78, 5) is 33.5. The summed E-state index contributed by atoms with van der Waals surface area (Å²) in [5.74, 6) is 0.392. The average Bonchev–Trinajstić information content (AvgIpc) is 2.60. The summed E-state index contributed by atoms with van der Waals surface area (Å²) in [5, 5.41) is 3.69. The molecule has 1 aromatic carbocycles. The van der Waals surface area contributed by atoms with Crippen LogP contribution in [-0.4, -0.2) is 53.1 Å². The van der Waals surface area contributed by atoms with E-state index in [1.165, 1.54) is 0 Å². The number of ether oxygens (including phenoxy) is 1. The van der Waals surface area contributed by atoms with Crippen LogP contribution in [0.5, 0.6) is 0 Å². The third-order valence-electron chi connectivity index (χ3n) is 3.90. The number of nitrogens with one attached hydrogen (secondary N) is 2. The highest BCUT2D eigenvalue weighted by Crippen LogP contribution is 2.09. The van der Waals surface area contributed by atoms with E-state index in [-0.39, 0.29) is 18.0 Å². The molecule has 1 aliphatic rings. The SMILES string of the molecule is CCN(Cc1nc2ccccc2c(=O)[nH]1)C(=O)[C@H]1CNCCO1. The Morgan fingerprint density at radius 1 is 1.43 bits per heavy atom. The number of rotatable bonds is 4. The maximum atomic E-state index is 12.5. The van der Waals surface area contributed by atoms with Crippen LogP contribution in [0.3, 0.4) is 0 Å². The van der Waals surface area contributed by atoms with Gasteiger partial charge in [0.15, 0.2) is 0 Å². The Bertz CT molecular complexity index is 752. The number of fused-ring (bicyclic) bond motifs is 1.